The molecule has 2 aromatic rings. The highest BCUT2D eigenvalue weighted by Crippen LogP contribution is 2.12. The molecule has 1 N–H and O–H groups in total. The first kappa shape index (κ1) is 13.2. The van der Waals surface area contributed by atoms with Gasteiger partial charge in [0.05, 0.1) is 5.51 Å². The fraction of sp³-hybridized carbons (Fsp3) is 0.429. The van der Waals surface area contributed by atoms with Gasteiger partial charge in [-0.05, 0) is 37.9 Å². The minimum atomic E-state index is 0.512. The van der Waals surface area contributed by atoms with Gasteiger partial charge in [0.1, 0.15) is 0 Å². The number of aromatic nitrogens is 2. The van der Waals surface area contributed by atoms with Crippen LogP contribution in [0.4, 0.5) is 0 Å². The molecule has 4 heteroatoms. The number of hydrogen-bond donors (Lipinski definition) is 1. The van der Waals surface area contributed by atoms with Crippen LogP contribution in [0.5, 0.6) is 0 Å². The van der Waals surface area contributed by atoms with Crippen molar-refractivity contribution in [1.82, 2.24) is 15.3 Å². The molecule has 0 aromatic carbocycles. The highest BCUT2D eigenvalue weighted by atomic mass is 32.1. The third-order valence-electron chi connectivity index (χ3n) is 2.90. The second-order valence-electron chi connectivity index (χ2n) is 4.29. The van der Waals surface area contributed by atoms with Crippen LogP contribution in [-0.2, 0) is 12.8 Å². The quantitative estimate of drug-likeness (QED) is 0.832. The van der Waals surface area contributed by atoms with Gasteiger partial charge < -0.3 is 5.32 Å². The van der Waals surface area contributed by atoms with E-state index in [4.69, 9.17) is 0 Å². The van der Waals surface area contributed by atoms with E-state index in [1.807, 2.05) is 30.0 Å². The molecular weight excluding hydrogens is 242 g/mol. The fourth-order valence-electron chi connectivity index (χ4n) is 2.02. The van der Waals surface area contributed by atoms with E-state index in [1.165, 1.54) is 10.6 Å². The molecular formula is C14H19N3S. The van der Waals surface area contributed by atoms with Crippen LogP contribution >= 0.6 is 11.3 Å². The molecule has 0 aliphatic carbocycles. The van der Waals surface area contributed by atoms with E-state index in [2.05, 4.69) is 28.3 Å². The average Bonchev–Trinajstić information content (AvgIpc) is 2.90. The Morgan fingerprint density at radius 3 is 3.00 bits per heavy atom. The van der Waals surface area contributed by atoms with Crippen molar-refractivity contribution in [2.24, 2.45) is 0 Å². The Morgan fingerprint density at radius 2 is 2.33 bits per heavy atom. The average molecular weight is 261 g/mol. The summed E-state index contributed by atoms with van der Waals surface area (Å²) in [5.74, 6) is 0. The van der Waals surface area contributed by atoms with Crippen LogP contribution < -0.4 is 5.32 Å². The summed E-state index contributed by atoms with van der Waals surface area (Å²) in [6, 6.07) is 6.61. The highest BCUT2D eigenvalue weighted by Gasteiger charge is 2.10. The molecule has 3 nitrogen and oxygen atoms in total. The summed E-state index contributed by atoms with van der Waals surface area (Å²) in [5, 5.41) is 3.54. The number of nitrogens with zero attached hydrogens (tertiary/aromatic N) is 2. The smallest absolute Gasteiger partial charge is 0.0794 e. The van der Waals surface area contributed by atoms with E-state index < -0.39 is 0 Å². The van der Waals surface area contributed by atoms with Crippen molar-refractivity contribution in [3.8, 4) is 0 Å². The Labute approximate surface area is 112 Å². The standard InChI is InChI=1S/C14H19N3S/c1-2-16-13(9-14-10-15-11-18-14)7-6-12-5-3-4-8-17-12/h3-5,8,10-11,13,16H,2,6-7,9H2,1H3. The molecule has 1 unspecified atom stereocenters. The van der Waals surface area contributed by atoms with E-state index in [0.29, 0.717) is 6.04 Å². The first-order valence-corrected chi connectivity index (χ1v) is 7.27. The molecule has 0 amide bonds. The van der Waals surface area contributed by atoms with Crippen molar-refractivity contribution >= 4 is 11.3 Å². The molecule has 0 bridgehead atoms. The van der Waals surface area contributed by atoms with Crippen LogP contribution in [0.1, 0.15) is 23.9 Å². The molecule has 0 aliphatic rings. The molecule has 0 spiro atoms. The van der Waals surface area contributed by atoms with Crippen molar-refractivity contribution in [3.05, 3.63) is 46.7 Å². The van der Waals surface area contributed by atoms with Crippen LogP contribution in [0.25, 0.3) is 0 Å². The second-order valence-corrected chi connectivity index (χ2v) is 5.26. The largest absolute Gasteiger partial charge is 0.314 e. The van der Waals surface area contributed by atoms with Crippen LogP contribution in [-0.4, -0.2) is 22.6 Å². The molecule has 0 fully saturated rings. The molecule has 2 aromatic heterocycles. The monoisotopic (exact) mass is 261 g/mol. The Bertz CT molecular complexity index is 428. The lowest BCUT2D eigenvalue weighted by atomic mass is 10.1. The van der Waals surface area contributed by atoms with Gasteiger partial charge in [0.2, 0.25) is 0 Å². The molecule has 0 aliphatic heterocycles. The number of likely N-dealkylation sites (N-methyl/N-ethyl adjacent to an activating group) is 1. The molecule has 1 atom stereocenters. The number of hydrogen-bond acceptors (Lipinski definition) is 4. The van der Waals surface area contributed by atoms with Crippen molar-refractivity contribution in [2.45, 2.75) is 32.2 Å². The molecule has 0 saturated heterocycles. The summed E-state index contributed by atoms with van der Waals surface area (Å²) < 4.78 is 0. The molecule has 96 valence electrons. The Hall–Kier alpha value is -1.26. The SMILES string of the molecule is CCNC(CCc1ccccn1)Cc1cncs1. The van der Waals surface area contributed by atoms with Crippen molar-refractivity contribution in [3.63, 3.8) is 0 Å². The minimum Gasteiger partial charge on any atom is -0.314 e. The van der Waals surface area contributed by atoms with Crippen molar-refractivity contribution in [2.75, 3.05) is 6.54 Å². The van der Waals surface area contributed by atoms with Gasteiger partial charge >= 0.3 is 0 Å². The van der Waals surface area contributed by atoms with Gasteiger partial charge in [-0.2, -0.15) is 0 Å². The van der Waals surface area contributed by atoms with Crippen LogP contribution in [0, 0.1) is 0 Å². The third kappa shape index (κ3) is 4.20. The Kier molecular flexibility index (Phi) is 5.30. The fourth-order valence-corrected chi connectivity index (χ4v) is 2.70. The molecule has 18 heavy (non-hydrogen) atoms. The summed E-state index contributed by atoms with van der Waals surface area (Å²) in [6.07, 6.45) is 7.03. The maximum atomic E-state index is 4.37. The Morgan fingerprint density at radius 1 is 1.39 bits per heavy atom. The van der Waals surface area contributed by atoms with Crippen LogP contribution in [0.3, 0.4) is 0 Å². The van der Waals surface area contributed by atoms with E-state index >= 15 is 0 Å². The van der Waals surface area contributed by atoms with Gasteiger partial charge in [-0.15, -0.1) is 11.3 Å². The zero-order chi connectivity index (χ0) is 12.6. The van der Waals surface area contributed by atoms with E-state index in [1.54, 1.807) is 11.3 Å². The van der Waals surface area contributed by atoms with Gasteiger partial charge in [-0.25, -0.2) is 0 Å². The Balaban J connectivity index is 1.86. The molecule has 0 saturated carbocycles. The number of rotatable bonds is 7. The molecule has 2 heterocycles. The van der Waals surface area contributed by atoms with Crippen molar-refractivity contribution < 1.29 is 0 Å². The first-order valence-electron chi connectivity index (χ1n) is 6.39. The second kappa shape index (κ2) is 7.24. The summed E-state index contributed by atoms with van der Waals surface area (Å²) in [4.78, 5) is 9.85. The van der Waals surface area contributed by atoms with Crippen LogP contribution in [0.2, 0.25) is 0 Å². The maximum absolute atomic E-state index is 4.37. The van der Waals surface area contributed by atoms with E-state index in [0.717, 1.165) is 25.8 Å². The van der Waals surface area contributed by atoms with Gasteiger partial charge in [-0.3, -0.25) is 9.97 Å². The highest BCUT2D eigenvalue weighted by molar-refractivity contribution is 7.09. The van der Waals surface area contributed by atoms with E-state index in [9.17, 15) is 0 Å². The minimum absolute atomic E-state index is 0.512. The molecule has 2 rings (SSSR count). The third-order valence-corrected chi connectivity index (χ3v) is 3.70. The maximum Gasteiger partial charge on any atom is 0.0794 e. The lowest BCUT2D eigenvalue weighted by Gasteiger charge is -2.16. The topological polar surface area (TPSA) is 37.8 Å². The summed E-state index contributed by atoms with van der Waals surface area (Å²) >= 11 is 1.73. The summed E-state index contributed by atoms with van der Waals surface area (Å²) in [5.41, 5.74) is 3.07. The summed E-state index contributed by atoms with van der Waals surface area (Å²) in [6.45, 7) is 3.16. The van der Waals surface area contributed by atoms with E-state index in [-0.39, 0.29) is 0 Å². The zero-order valence-corrected chi connectivity index (χ0v) is 11.5. The number of pyridine rings is 1. The predicted octanol–water partition coefficient (Wildman–Crippen LogP) is 2.69. The van der Waals surface area contributed by atoms with Gasteiger partial charge in [0.25, 0.3) is 0 Å². The van der Waals surface area contributed by atoms with Crippen LogP contribution in [0.15, 0.2) is 36.1 Å². The van der Waals surface area contributed by atoms with Crippen molar-refractivity contribution in [1.29, 1.82) is 0 Å². The molecule has 0 radical (unpaired) electrons. The van der Waals surface area contributed by atoms with Gasteiger partial charge in [0.15, 0.2) is 0 Å². The summed E-state index contributed by atoms with van der Waals surface area (Å²) in [7, 11) is 0. The number of aryl methyl sites for hydroxylation is 1. The first-order chi connectivity index (χ1) is 8.88. The normalized spacial score (nSPS) is 12.5. The lowest BCUT2D eigenvalue weighted by molar-refractivity contribution is 0.491. The van der Waals surface area contributed by atoms with Gasteiger partial charge in [-0.1, -0.05) is 13.0 Å². The predicted molar refractivity (Wildman–Crippen MR) is 75.8 cm³/mol. The number of nitrogens with one attached hydrogen (secondary N) is 1. The lowest BCUT2D eigenvalue weighted by Crippen LogP contribution is -2.31. The number of thiazole rings is 1. The van der Waals surface area contributed by atoms with Gasteiger partial charge in [0, 0.05) is 29.0 Å². The zero-order valence-electron chi connectivity index (χ0n) is 10.7.